The van der Waals surface area contributed by atoms with Crippen molar-refractivity contribution in [1.29, 1.82) is 0 Å². The average molecular weight is 515 g/mol. The number of hydrogen-bond acceptors (Lipinski definition) is 10. The smallest absolute Gasteiger partial charge is 0.336 e. The maximum atomic E-state index is 10.5. The Hall–Kier alpha value is -4.58. The number of nitrogens with zero attached hydrogens (tertiary/aromatic N) is 4. The molecule has 0 saturated carbocycles. The molecule has 0 fully saturated rings. The summed E-state index contributed by atoms with van der Waals surface area (Å²) in [7, 11) is 0. The van der Waals surface area contributed by atoms with Gasteiger partial charge in [-0.2, -0.15) is 0 Å². The van der Waals surface area contributed by atoms with Crippen LogP contribution in [0.5, 0.6) is 0 Å². The maximum Gasteiger partial charge on any atom is 0.336 e. The number of carboxylic acid groups (broad SMARTS) is 2. The van der Waals surface area contributed by atoms with E-state index in [4.69, 9.17) is 10.2 Å². The minimum Gasteiger partial charge on any atom is -0.478 e. The molecule has 0 aliphatic carbocycles. The molecule has 2 aromatic rings. The molecule has 2 rings (SSSR count). The fourth-order valence-corrected chi connectivity index (χ4v) is 1.86. The molecule has 0 amide bonds. The Bertz CT molecular complexity index is 846. The van der Waals surface area contributed by atoms with E-state index in [1.54, 1.807) is 0 Å². The number of rotatable bonds is 6. The number of carbonyl (C=O) groups is 2. The van der Waals surface area contributed by atoms with Crippen molar-refractivity contribution in [2.75, 3.05) is 0 Å². The van der Waals surface area contributed by atoms with Gasteiger partial charge in [0.05, 0.1) is 43.0 Å². The van der Waals surface area contributed by atoms with Gasteiger partial charge in [0.15, 0.2) is 0 Å². The average Bonchev–Trinajstić information content (AvgIpc) is 2.67. The zero-order valence-corrected chi connectivity index (χ0v) is 16.8. The standard InChI is InChI=1S/2C7H4N2O6.Mn.2H2O/c2*10-7(11)4-1-5(8(12)13)3-6(2-4)9(14)15;;;/h2*1-3H,(H,10,11);;2*1H2. The molecule has 0 bridgehead atoms. The largest absolute Gasteiger partial charge is 0.478 e. The molecule has 0 atom stereocenters. The Morgan fingerprint density at radius 2 is 0.727 bits per heavy atom. The molecule has 0 spiro atoms. The second kappa shape index (κ2) is 13.7. The van der Waals surface area contributed by atoms with Gasteiger partial charge in [-0.1, -0.05) is 0 Å². The van der Waals surface area contributed by atoms with Gasteiger partial charge in [-0.05, 0) is 0 Å². The van der Waals surface area contributed by atoms with Gasteiger partial charge in [0.2, 0.25) is 0 Å². The van der Waals surface area contributed by atoms with Crippen molar-refractivity contribution in [2.24, 2.45) is 0 Å². The van der Waals surface area contributed by atoms with Gasteiger partial charge < -0.3 is 21.2 Å². The number of carboxylic acids is 2. The maximum absolute atomic E-state index is 10.5. The summed E-state index contributed by atoms with van der Waals surface area (Å²) < 4.78 is 0. The van der Waals surface area contributed by atoms with Crippen molar-refractivity contribution < 1.29 is 67.5 Å². The Morgan fingerprint density at radius 3 is 0.848 bits per heavy atom. The van der Waals surface area contributed by atoms with Crippen molar-refractivity contribution in [3.8, 4) is 0 Å². The zero-order chi connectivity index (χ0) is 23.2. The Morgan fingerprint density at radius 1 is 0.545 bits per heavy atom. The first-order valence-electron chi connectivity index (χ1n) is 7.17. The first kappa shape index (κ1) is 33.1. The number of aromatic carboxylic acids is 2. The van der Waals surface area contributed by atoms with Crippen molar-refractivity contribution in [3.63, 3.8) is 0 Å². The van der Waals surface area contributed by atoms with Crippen LogP contribution in [0.3, 0.4) is 0 Å². The van der Waals surface area contributed by atoms with Crippen molar-refractivity contribution in [3.05, 3.63) is 88.0 Å². The first-order valence-corrected chi connectivity index (χ1v) is 7.17. The fraction of sp³-hybridized carbons (Fsp3) is 0. The molecule has 0 aliphatic heterocycles. The van der Waals surface area contributed by atoms with Crippen LogP contribution in [0.4, 0.5) is 22.7 Å². The molecular formula is C14H12MnN4O14. The summed E-state index contributed by atoms with van der Waals surface area (Å²) in [5, 5.41) is 58.5. The fourth-order valence-electron chi connectivity index (χ4n) is 1.86. The van der Waals surface area contributed by atoms with Gasteiger partial charge in [0, 0.05) is 41.3 Å². The van der Waals surface area contributed by atoms with Crippen LogP contribution in [0, 0.1) is 40.5 Å². The van der Waals surface area contributed by atoms with Crippen LogP contribution in [-0.2, 0) is 17.1 Å². The molecule has 18 nitrogen and oxygen atoms in total. The molecule has 0 aromatic heterocycles. The van der Waals surface area contributed by atoms with E-state index >= 15 is 0 Å². The van der Waals surface area contributed by atoms with Crippen LogP contribution < -0.4 is 0 Å². The van der Waals surface area contributed by atoms with Crippen LogP contribution in [0.15, 0.2) is 36.4 Å². The predicted octanol–water partition coefficient (Wildman–Crippen LogP) is 0.750. The molecular weight excluding hydrogens is 503 g/mol. The van der Waals surface area contributed by atoms with Gasteiger partial charge in [-0.3, -0.25) is 40.5 Å². The van der Waals surface area contributed by atoms with Crippen LogP contribution in [-0.4, -0.2) is 52.8 Å². The molecule has 0 unspecified atom stereocenters. The molecule has 179 valence electrons. The van der Waals surface area contributed by atoms with Gasteiger partial charge in [-0.25, -0.2) is 9.59 Å². The van der Waals surface area contributed by atoms with E-state index in [2.05, 4.69) is 0 Å². The summed E-state index contributed by atoms with van der Waals surface area (Å²) in [6, 6.07) is 4.44. The topological polar surface area (TPSA) is 310 Å². The van der Waals surface area contributed by atoms with Crippen LogP contribution in [0.1, 0.15) is 20.7 Å². The summed E-state index contributed by atoms with van der Waals surface area (Å²) >= 11 is 0. The molecule has 0 saturated heterocycles. The number of benzene rings is 2. The molecule has 6 N–H and O–H groups in total. The number of nitro groups is 4. The summed E-state index contributed by atoms with van der Waals surface area (Å²) in [5.41, 5.74) is -3.47. The number of nitro benzene ring substituents is 4. The normalized spacial score (nSPS) is 8.73. The SMILES string of the molecule is O.O.O=C(O)c1cc([N+](=O)[O-])cc([N+](=O)[O-])c1.O=C(O)c1cc([N+](=O)[O-])cc([N+](=O)[O-])c1.[Mn]. The summed E-state index contributed by atoms with van der Waals surface area (Å²) in [4.78, 5) is 58.8. The quantitative estimate of drug-likeness (QED) is 0.306. The monoisotopic (exact) mass is 515 g/mol. The van der Waals surface area contributed by atoms with E-state index in [1.165, 1.54) is 0 Å². The molecule has 33 heavy (non-hydrogen) atoms. The number of hydrogen-bond donors (Lipinski definition) is 2. The van der Waals surface area contributed by atoms with Crippen LogP contribution >= 0.6 is 0 Å². The third-order valence-electron chi connectivity index (χ3n) is 3.14. The Kier molecular flexibility index (Phi) is 13.7. The summed E-state index contributed by atoms with van der Waals surface area (Å²) in [6.45, 7) is 0. The first-order chi connectivity index (χ1) is 13.8. The number of non-ortho nitro benzene ring substituents is 4. The summed E-state index contributed by atoms with van der Waals surface area (Å²) in [5.74, 6) is -2.91. The van der Waals surface area contributed by atoms with Crippen molar-refractivity contribution in [1.82, 2.24) is 0 Å². The second-order valence-corrected chi connectivity index (χ2v) is 5.11. The van der Waals surface area contributed by atoms with E-state index in [-0.39, 0.29) is 28.0 Å². The van der Waals surface area contributed by atoms with E-state index < -0.39 is 65.5 Å². The summed E-state index contributed by atoms with van der Waals surface area (Å²) in [6.07, 6.45) is 0. The zero-order valence-electron chi connectivity index (χ0n) is 15.6. The predicted molar refractivity (Wildman–Crippen MR) is 101 cm³/mol. The van der Waals surface area contributed by atoms with Crippen LogP contribution in [0.25, 0.3) is 0 Å². The van der Waals surface area contributed by atoms with Gasteiger partial charge >= 0.3 is 11.9 Å². The Labute approximate surface area is 190 Å². The van der Waals surface area contributed by atoms with Gasteiger partial charge in [0.25, 0.3) is 22.7 Å². The van der Waals surface area contributed by atoms with E-state index in [1.807, 2.05) is 0 Å². The second-order valence-electron chi connectivity index (χ2n) is 5.11. The minimum atomic E-state index is -1.46. The molecule has 19 heteroatoms. The molecule has 2 aromatic carbocycles. The molecule has 1 radical (unpaired) electrons. The Balaban J connectivity index is -0.000000500. The molecule has 0 aliphatic rings. The van der Waals surface area contributed by atoms with E-state index in [0.29, 0.717) is 12.1 Å². The van der Waals surface area contributed by atoms with Crippen molar-refractivity contribution >= 4 is 34.7 Å². The van der Waals surface area contributed by atoms with E-state index in [0.717, 1.165) is 24.3 Å². The minimum absolute atomic E-state index is 0. The van der Waals surface area contributed by atoms with Gasteiger partial charge in [-0.15, -0.1) is 0 Å². The third-order valence-corrected chi connectivity index (χ3v) is 3.14. The van der Waals surface area contributed by atoms with Gasteiger partial charge in [0.1, 0.15) is 0 Å². The third kappa shape index (κ3) is 9.40. The van der Waals surface area contributed by atoms with Crippen molar-refractivity contribution in [2.45, 2.75) is 0 Å². The van der Waals surface area contributed by atoms with Crippen LogP contribution in [0.2, 0.25) is 0 Å². The van der Waals surface area contributed by atoms with E-state index in [9.17, 15) is 50.0 Å². The molecule has 0 heterocycles.